The average Bonchev–Trinajstić information content (AvgIpc) is 2.37. The molecular weight excluding hydrogens is 256 g/mol. The van der Waals surface area contributed by atoms with E-state index in [9.17, 15) is 9.59 Å². The lowest BCUT2D eigenvalue weighted by molar-refractivity contribution is -0.137. The van der Waals surface area contributed by atoms with Crippen LogP contribution in [0.2, 0.25) is 0 Å². The topological polar surface area (TPSA) is 43.4 Å². The van der Waals surface area contributed by atoms with E-state index in [-0.39, 0.29) is 6.61 Å². The number of hydrogen-bond acceptors (Lipinski definition) is 5. The molecule has 0 saturated carbocycles. The van der Waals surface area contributed by atoms with Gasteiger partial charge in [-0.25, -0.2) is 4.79 Å². The first-order valence-electron chi connectivity index (χ1n) is 5.07. The number of carbonyl (C=O) groups is 2. The molecule has 0 heterocycles. The molecule has 0 aliphatic carbocycles. The van der Waals surface area contributed by atoms with Gasteiger partial charge in [-0.2, -0.15) is 0 Å². The third kappa shape index (κ3) is 3.51. The van der Waals surface area contributed by atoms with Crippen LogP contribution in [0.3, 0.4) is 0 Å². The summed E-state index contributed by atoms with van der Waals surface area (Å²) in [5.41, 5.74) is 0.380. The highest BCUT2D eigenvalue weighted by Crippen LogP contribution is 2.29. The van der Waals surface area contributed by atoms with Gasteiger partial charge in [-0.15, -0.1) is 23.5 Å². The van der Waals surface area contributed by atoms with Crippen LogP contribution in [0.15, 0.2) is 28.0 Å². The molecule has 0 N–H and O–H groups in total. The van der Waals surface area contributed by atoms with Crippen LogP contribution in [0.25, 0.3) is 0 Å². The Hall–Kier alpha value is -0.940. The average molecular weight is 270 g/mol. The van der Waals surface area contributed by atoms with Gasteiger partial charge in [-0.1, -0.05) is 0 Å². The minimum atomic E-state index is -0.795. The van der Waals surface area contributed by atoms with Gasteiger partial charge in [0.1, 0.15) is 0 Å². The normalized spacial score (nSPS) is 10.1. The van der Waals surface area contributed by atoms with E-state index in [1.807, 2.05) is 18.6 Å². The maximum Gasteiger partial charge on any atom is 0.379 e. The zero-order valence-corrected chi connectivity index (χ0v) is 11.6. The maximum absolute atomic E-state index is 11.7. The summed E-state index contributed by atoms with van der Waals surface area (Å²) in [6.07, 6.45) is 3.91. The van der Waals surface area contributed by atoms with E-state index >= 15 is 0 Å². The number of ketones is 1. The van der Waals surface area contributed by atoms with Crippen LogP contribution >= 0.6 is 23.5 Å². The van der Waals surface area contributed by atoms with Crippen molar-refractivity contribution in [3.63, 3.8) is 0 Å². The summed E-state index contributed by atoms with van der Waals surface area (Å²) in [6.45, 7) is 1.89. The second kappa shape index (κ2) is 6.71. The van der Waals surface area contributed by atoms with Crippen molar-refractivity contribution in [1.29, 1.82) is 0 Å². The molecule has 0 aliphatic heterocycles. The van der Waals surface area contributed by atoms with Crippen LogP contribution in [0.1, 0.15) is 17.3 Å². The molecule has 0 atom stereocenters. The molecule has 0 unspecified atom stereocenters. The largest absolute Gasteiger partial charge is 0.460 e. The lowest BCUT2D eigenvalue weighted by atomic mass is 10.1. The van der Waals surface area contributed by atoms with Crippen molar-refractivity contribution < 1.29 is 14.3 Å². The fourth-order valence-corrected chi connectivity index (χ4v) is 2.77. The van der Waals surface area contributed by atoms with E-state index in [1.165, 1.54) is 0 Å². The summed E-state index contributed by atoms with van der Waals surface area (Å²) in [6, 6.07) is 5.24. The van der Waals surface area contributed by atoms with Crippen LogP contribution in [-0.4, -0.2) is 30.9 Å². The molecule has 17 heavy (non-hydrogen) atoms. The molecule has 0 saturated heterocycles. The van der Waals surface area contributed by atoms with E-state index in [2.05, 4.69) is 4.74 Å². The molecule has 1 rings (SSSR count). The number of benzene rings is 1. The fourth-order valence-electron chi connectivity index (χ4n) is 1.29. The highest BCUT2D eigenvalue weighted by molar-refractivity contribution is 8.01. The van der Waals surface area contributed by atoms with Gasteiger partial charge in [-0.3, -0.25) is 4.79 Å². The Bertz CT molecular complexity index is 430. The Kier molecular flexibility index (Phi) is 5.58. The Balaban J connectivity index is 2.99. The smallest absolute Gasteiger partial charge is 0.379 e. The quantitative estimate of drug-likeness (QED) is 0.356. The summed E-state index contributed by atoms with van der Waals surface area (Å²) in [4.78, 5) is 25.1. The monoisotopic (exact) mass is 270 g/mol. The maximum atomic E-state index is 11.7. The first kappa shape index (κ1) is 14.1. The molecule has 0 bridgehead atoms. The summed E-state index contributed by atoms with van der Waals surface area (Å²) >= 11 is 3.16. The van der Waals surface area contributed by atoms with E-state index in [0.29, 0.717) is 5.56 Å². The summed E-state index contributed by atoms with van der Waals surface area (Å²) in [7, 11) is 0. The third-order valence-electron chi connectivity index (χ3n) is 2.11. The first-order valence-corrected chi connectivity index (χ1v) is 7.52. The molecule has 0 fully saturated rings. The molecule has 0 spiro atoms. The lowest BCUT2D eigenvalue weighted by Gasteiger charge is -2.06. The van der Waals surface area contributed by atoms with Crippen molar-refractivity contribution in [3.8, 4) is 0 Å². The minimum absolute atomic E-state index is 0.211. The van der Waals surface area contributed by atoms with Crippen molar-refractivity contribution in [2.24, 2.45) is 0 Å². The van der Waals surface area contributed by atoms with E-state index in [4.69, 9.17) is 0 Å². The SMILES string of the molecule is CCOC(=O)C(=O)c1ccc(SC)c(SC)c1. The van der Waals surface area contributed by atoms with Crippen LogP contribution in [0.4, 0.5) is 0 Å². The molecule has 5 heteroatoms. The van der Waals surface area contributed by atoms with Gasteiger partial charge in [0.05, 0.1) is 6.61 Å². The molecular formula is C12H14O3S2. The number of esters is 1. The van der Waals surface area contributed by atoms with Gasteiger partial charge < -0.3 is 4.74 Å². The number of carbonyl (C=O) groups excluding carboxylic acids is 2. The molecule has 92 valence electrons. The van der Waals surface area contributed by atoms with Crippen LogP contribution in [-0.2, 0) is 9.53 Å². The molecule has 1 aromatic rings. The Morgan fingerprint density at radius 1 is 1.18 bits per heavy atom. The Labute approximate surface area is 109 Å². The van der Waals surface area contributed by atoms with Crippen molar-refractivity contribution in [2.75, 3.05) is 19.1 Å². The Morgan fingerprint density at radius 2 is 1.82 bits per heavy atom. The van der Waals surface area contributed by atoms with Gasteiger partial charge in [0, 0.05) is 15.4 Å². The molecule has 0 aromatic heterocycles. The number of thioether (sulfide) groups is 2. The highest BCUT2D eigenvalue weighted by Gasteiger charge is 2.18. The predicted molar refractivity (Wildman–Crippen MR) is 71.0 cm³/mol. The third-order valence-corrected chi connectivity index (χ3v) is 3.81. The minimum Gasteiger partial charge on any atom is -0.460 e. The molecule has 0 amide bonds. The van der Waals surface area contributed by atoms with E-state index in [0.717, 1.165) is 9.79 Å². The Morgan fingerprint density at radius 3 is 2.35 bits per heavy atom. The molecule has 0 aliphatic rings. The number of Topliss-reactive ketones (excluding diaryl/α,β-unsaturated/α-hetero) is 1. The van der Waals surface area contributed by atoms with E-state index < -0.39 is 11.8 Å². The predicted octanol–water partition coefficient (Wildman–Crippen LogP) is 2.88. The van der Waals surface area contributed by atoms with Crippen molar-refractivity contribution in [3.05, 3.63) is 23.8 Å². The van der Waals surface area contributed by atoms with Crippen molar-refractivity contribution in [2.45, 2.75) is 16.7 Å². The second-order valence-corrected chi connectivity index (χ2v) is 4.82. The zero-order valence-electron chi connectivity index (χ0n) is 9.98. The molecule has 3 nitrogen and oxygen atoms in total. The van der Waals surface area contributed by atoms with Crippen LogP contribution in [0, 0.1) is 0 Å². The van der Waals surface area contributed by atoms with Crippen LogP contribution < -0.4 is 0 Å². The summed E-state index contributed by atoms with van der Waals surface area (Å²) in [5.74, 6) is -1.38. The first-order chi connectivity index (χ1) is 8.13. The standard InChI is InChI=1S/C12H14O3S2/c1-4-15-12(14)11(13)8-5-6-9(16-2)10(7-8)17-3/h5-7H,4H2,1-3H3. The van der Waals surface area contributed by atoms with Crippen molar-refractivity contribution in [1.82, 2.24) is 0 Å². The zero-order chi connectivity index (χ0) is 12.8. The fraction of sp³-hybridized carbons (Fsp3) is 0.333. The second-order valence-electron chi connectivity index (χ2n) is 3.12. The van der Waals surface area contributed by atoms with Gasteiger partial charge in [-0.05, 0) is 37.6 Å². The van der Waals surface area contributed by atoms with Gasteiger partial charge >= 0.3 is 5.97 Å². The van der Waals surface area contributed by atoms with Crippen LogP contribution in [0.5, 0.6) is 0 Å². The van der Waals surface area contributed by atoms with Crippen molar-refractivity contribution >= 4 is 35.3 Å². The summed E-state index contributed by atoms with van der Waals surface area (Å²) < 4.78 is 4.69. The van der Waals surface area contributed by atoms with Gasteiger partial charge in [0.25, 0.3) is 5.78 Å². The van der Waals surface area contributed by atoms with Gasteiger partial charge in [0.15, 0.2) is 0 Å². The highest BCUT2D eigenvalue weighted by atomic mass is 32.2. The number of ether oxygens (including phenoxy) is 1. The van der Waals surface area contributed by atoms with E-state index in [1.54, 1.807) is 42.6 Å². The van der Waals surface area contributed by atoms with Gasteiger partial charge in [0.2, 0.25) is 0 Å². The molecule has 0 radical (unpaired) electrons. The molecule has 1 aromatic carbocycles. The summed E-state index contributed by atoms with van der Waals surface area (Å²) in [5, 5.41) is 0. The number of hydrogen-bond donors (Lipinski definition) is 0. The lowest BCUT2D eigenvalue weighted by Crippen LogP contribution is -2.17. The number of rotatable bonds is 5.